The minimum Gasteiger partial charge on any atom is -0.497 e. The van der Waals surface area contributed by atoms with E-state index in [4.69, 9.17) is 13.9 Å². The van der Waals surface area contributed by atoms with Crippen LogP contribution in [0.5, 0.6) is 5.75 Å². The molecule has 0 bridgehead atoms. The van der Waals surface area contributed by atoms with E-state index in [2.05, 4.69) is 5.32 Å². The Labute approximate surface area is 209 Å². The van der Waals surface area contributed by atoms with Crippen molar-refractivity contribution in [1.82, 2.24) is 5.32 Å². The van der Waals surface area contributed by atoms with Crippen LogP contribution in [0.1, 0.15) is 54.8 Å². The van der Waals surface area contributed by atoms with Crippen molar-refractivity contribution in [2.75, 3.05) is 13.7 Å². The quantitative estimate of drug-likeness (QED) is 0.362. The number of benzene rings is 2. The molecule has 0 spiro atoms. The van der Waals surface area contributed by atoms with Crippen molar-refractivity contribution in [1.29, 1.82) is 0 Å². The summed E-state index contributed by atoms with van der Waals surface area (Å²) in [5, 5.41) is 3.58. The molecule has 0 fully saturated rings. The molecule has 1 aliphatic heterocycles. The molecule has 1 unspecified atom stereocenters. The van der Waals surface area contributed by atoms with Gasteiger partial charge in [0.25, 0.3) is 0 Å². The van der Waals surface area contributed by atoms with Gasteiger partial charge >= 0.3 is 5.97 Å². The summed E-state index contributed by atoms with van der Waals surface area (Å²) in [5.74, 6) is -0.520. The second-order valence-corrected chi connectivity index (χ2v) is 8.77. The molecule has 7 heteroatoms. The third-order valence-electron chi connectivity index (χ3n) is 6.23. The summed E-state index contributed by atoms with van der Waals surface area (Å²) in [4.78, 5) is 40.1. The van der Waals surface area contributed by atoms with Crippen molar-refractivity contribution in [2.45, 2.75) is 40.0 Å². The van der Waals surface area contributed by atoms with Gasteiger partial charge in [-0.2, -0.15) is 0 Å². The lowest BCUT2D eigenvalue weighted by Crippen LogP contribution is -2.32. The molecular formula is C29H29NO6. The Bertz CT molecular complexity index is 1460. The lowest BCUT2D eigenvalue weighted by molar-refractivity contribution is -0.139. The number of allylic oxidation sites excluding steroid dienone is 3. The first-order chi connectivity index (χ1) is 17.3. The third-order valence-corrected chi connectivity index (χ3v) is 6.23. The molecule has 4 rings (SSSR count). The van der Waals surface area contributed by atoms with Crippen molar-refractivity contribution < 1.29 is 23.5 Å². The minimum absolute atomic E-state index is 0.191. The van der Waals surface area contributed by atoms with E-state index < -0.39 is 11.9 Å². The van der Waals surface area contributed by atoms with Crippen molar-refractivity contribution in [3.63, 3.8) is 0 Å². The molecular weight excluding hydrogens is 458 g/mol. The van der Waals surface area contributed by atoms with Gasteiger partial charge in [-0.1, -0.05) is 19.1 Å². The third kappa shape index (κ3) is 4.56. The second kappa shape index (κ2) is 10.2. The number of esters is 1. The summed E-state index contributed by atoms with van der Waals surface area (Å²) in [6.07, 6.45) is 0.658. The first-order valence-electron chi connectivity index (χ1n) is 11.8. The van der Waals surface area contributed by atoms with Gasteiger partial charge in [-0.15, -0.1) is 0 Å². The fourth-order valence-corrected chi connectivity index (χ4v) is 4.59. The van der Waals surface area contributed by atoms with Crippen molar-refractivity contribution >= 4 is 22.7 Å². The topological polar surface area (TPSA) is 94.8 Å². The van der Waals surface area contributed by atoms with E-state index in [0.717, 1.165) is 0 Å². The zero-order chi connectivity index (χ0) is 26.0. The molecule has 0 aliphatic carbocycles. The van der Waals surface area contributed by atoms with Crippen LogP contribution in [0.25, 0.3) is 11.0 Å². The number of fused-ring (bicyclic) bond motifs is 1. The van der Waals surface area contributed by atoms with E-state index in [1.54, 1.807) is 70.3 Å². The Balaban J connectivity index is 1.97. The van der Waals surface area contributed by atoms with Crippen LogP contribution in [-0.2, 0) is 9.53 Å². The largest absolute Gasteiger partial charge is 0.497 e. The number of carbonyl (C=O) groups is 2. The Morgan fingerprint density at radius 1 is 1.00 bits per heavy atom. The van der Waals surface area contributed by atoms with Crippen LogP contribution in [0.2, 0.25) is 0 Å². The Morgan fingerprint density at radius 3 is 2.36 bits per heavy atom. The molecule has 0 saturated heterocycles. The van der Waals surface area contributed by atoms with E-state index in [9.17, 15) is 14.4 Å². The summed E-state index contributed by atoms with van der Waals surface area (Å²) in [7, 11) is 1.56. The zero-order valence-corrected chi connectivity index (χ0v) is 21.1. The monoisotopic (exact) mass is 487 g/mol. The summed E-state index contributed by atoms with van der Waals surface area (Å²) < 4.78 is 16.8. The number of aryl methyl sites for hydroxylation is 1. The number of nitrogens with one attached hydrogen (secondary N) is 1. The number of ether oxygens (including phenoxy) is 2. The number of para-hydroxylation sites is 1. The maximum absolute atomic E-state index is 13.9. The number of rotatable bonds is 7. The number of methoxy groups -OCH3 is 1. The van der Waals surface area contributed by atoms with Gasteiger partial charge in [0.2, 0.25) is 0 Å². The standard InChI is InChI=1S/C29H29NO6/c1-6-14-35-29(33)25-18(4)30-17(3)24(27(32)19-10-12-20(34-5)13-11-19)26(25)22-9-7-8-21-23(31)15-16(2)36-28(21)22/h7-13,15,26,30H,6,14H2,1-5H3. The number of carbonyl (C=O) groups excluding carboxylic acids is 2. The highest BCUT2D eigenvalue weighted by Crippen LogP contribution is 2.42. The second-order valence-electron chi connectivity index (χ2n) is 8.77. The smallest absolute Gasteiger partial charge is 0.336 e. The first-order valence-corrected chi connectivity index (χ1v) is 11.8. The highest BCUT2D eigenvalue weighted by atomic mass is 16.5. The summed E-state index contributed by atoms with van der Waals surface area (Å²) in [5.41, 5.74) is 3.02. The van der Waals surface area contributed by atoms with Gasteiger partial charge in [-0.3, -0.25) is 9.59 Å². The molecule has 1 aliphatic rings. The number of dihydropyridines is 1. The maximum atomic E-state index is 13.9. The molecule has 2 heterocycles. The fraction of sp³-hybridized carbons (Fsp3) is 0.276. The zero-order valence-electron chi connectivity index (χ0n) is 21.1. The maximum Gasteiger partial charge on any atom is 0.336 e. The molecule has 7 nitrogen and oxygen atoms in total. The van der Waals surface area contributed by atoms with E-state index in [1.807, 2.05) is 6.92 Å². The van der Waals surface area contributed by atoms with E-state index in [-0.39, 0.29) is 17.8 Å². The van der Waals surface area contributed by atoms with E-state index >= 15 is 0 Å². The molecule has 1 atom stereocenters. The normalized spacial score (nSPS) is 15.6. The van der Waals surface area contributed by atoms with Gasteiger partial charge in [0, 0.05) is 34.2 Å². The van der Waals surface area contributed by atoms with Crippen LogP contribution >= 0.6 is 0 Å². The molecule has 0 saturated carbocycles. The van der Waals surface area contributed by atoms with Crippen LogP contribution in [0.4, 0.5) is 0 Å². The minimum atomic E-state index is -0.807. The first kappa shape index (κ1) is 25.0. The van der Waals surface area contributed by atoms with Gasteiger partial charge < -0.3 is 19.2 Å². The van der Waals surface area contributed by atoms with Crippen molar-refractivity contribution in [2.24, 2.45) is 0 Å². The molecule has 1 aromatic heterocycles. The number of ketones is 1. The number of Topliss-reactive ketones (excluding diaryl/α,β-unsaturated/α-hetero) is 1. The van der Waals surface area contributed by atoms with Crippen molar-refractivity contribution in [3.05, 3.63) is 98.2 Å². The molecule has 1 N–H and O–H groups in total. The van der Waals surface area contributed by atoms with E-state index in [1.165, 1.54) is 6.07 Å². The van der Waals surface area contributed by atoms with Crippen LogP contribution in [-0.4, -0.2) is 25.5 Å². The Morgan fingerprint density at radius 2 is 1.69 bits per heavy atom. The van der Waals surface area contributed by atoms with Crippen molar-refractivity contribution in [3.8, 4) is 5.75 Å². The Kier molecular flexibility index (Phi) is 7.10. The number of hydrogen-bond acceptors (Lipinski definition) is 7. The van der Waals surface area contributed by atoms with Crippen LogP contribution in [0, 0.1) is 6.92 Å². The summed E-state index contributed by atoms with van der Waals surface area (Å²) in [6.45, 7) is 7.43. The lowest BCUT2D eigenvalue weighted by Gasteiger charge is -2.31. The molecule has 0 amide bonds. The molecule has 186 valence electrons. The predicted octanol–water partition coefficient (Wildman–Crippen LogP) is 5.18. The van der Waals surface area contributed by atoms with Gasteiger partial charge in [0.05, 0.1) is 30.6 Å². The fourth-order valence-electron chi connectivity index (χ4n) is 4.59. The van der Waals surface area contributed by atoms with Gasteiger partial charge in [0.15, 0.2) is 11.2 Å². The highest BCUT2D eigenvalue weighted by molar-refractivity contribution is 6.13. The van der Waals surface area contributed by atoms with Crippen LogP contribution in [0.3, 0.4) is 0 Å². The van der Waals surface area contributed by atoms with Gasteiger partial charge in [-0.05, 0) is 57.5 Å². The van der Waals surface area contributed by atoms with E-state index in [0.29, 0.717) is 62.6 Å². The number of hydrogen-bond donors (Lipinski definition) is 1. The average molecular weight is 488 g/mol. The van der Waals surface area contributed by atoms with Crippen LogP contribution < -0.4 is 15.5 Å². The highest BCUT2D eigenvalue weighted by Gasteiger charge is 2.39. The molecule has 2 aromatic carbocycles. The average Bonchev–Trinajstić information content (AvgIpc) is 2.86. The Hall–Kier alpha value is -4.13. The summed E-state index contributed by atoms with van der Waals surface area (Å²) >= 11 is 0. The SMILES string of the molecule is CCCOC(=O)C1=C(C)NC(C)=C(C(=O)c2ccc(OC)cc2)C1c1cccc2c(=O)cc(C)oc12. The van der Waals surface area contributed by atoms with Gasteiger partial charge in [0.1, 0.15) is 17.1 Å². The molecule has 0 radical (unpaired) electrons. The molecule has 36 heavy (non-hydrogen) atoms. The summed E-state index contributed by atoms with van der Waals surface area (Å²) in [6, 6.07) is 13.4. The molecule has 3 aromatic rings. The predicted molar refractivity (Wildman–Crippen MR) is 137 cm³/mol. The van der Waals surface area contributed by atoms with Gasteiger partial charge in [-0.25, -0.2) is 4.79 Å². The lowest BCUT2D eigenvalue weighted by atomic mass is 9.77. The van der Waals surface area contributed by atoms with Crippen LogP contribution in [0.15, 0.2) is 80.3 Å².